The van der Waals surface area contributed by atoms with Gasteiger partial charge in [0.1, 0.15) is 6.61 Å². The minimum absolute atomic E-state index is 0.328. The SMILES string of the molecule is Cc1ccc(CNC(=O)OCCN2CCC(C)CC2)c(C)c1. The highest BCUT2D eigenvalue weighted by Crippen LogP contribution is 2.15. The van der Waals surface area contributed by atoms with Gasteiger partial charge in [-0.1, -0.05) is 30.7 Å². The third kappa shape index (κ3) is 5.34. The zero-order valence-electron chi connectivity index (χ0n) is 14.0. The summed E-state index contributed by atoms with van der Waals surface area (Å²) in [5, 5.41) is 2.82. The summed E-state index contributed by atoms with van der Waals surface area (Å²) < 4.78 is 5.27. The zero-order chi connectivity index (χ0) is 15.9. The molecular weight excluding hydrogens is 276 g/mol. The van der Waals surface area contributed by atoms with Gasteiger partial charge in [0.05, 0.1) is 0 Å². The summed E-state index contributed by atoms with van der Waals surface area (Å²) in [5.41, 5.74) is 3.56. The van der Waals surface area contributed by atoms with Crippen molar-refractivity contribution in [3.8, 4) is 0 Å². The average Bonchev–Trinajstić information content (AvgIpc) is 2.48. The van der Waals surface area contributed by atoms with Crippen molar-refractivity contribution < 1.29 is 9.53 Å². The maximum absolute atomic E-state index is 11.7. The van der Waals surface area contributed by atoms with Crippen LogP contribution >= 0.6 is 0 Å². The Balaban J connectivity index is 1.63. The quantitative estimate of drug-likeness (QED) is 0.908. The van der Waals surface area contributed by atoms with E-state index in [0.717, 1.165) is 31.1 Å². The fourth-order valence-corrected chi connectivity index (χ4v) is 2.82. The van der Waals surface area contributed by atoms with E-state index in [1.807, 2.05) is 0 Å². The zero-order valence-corrected chi connectivity index (χ0v) is 14.0. The van der Waals surface area contributed by atoms with Crippen LogP contribution in [0.15, 0.2) is 18.2 Å². The molecule has 1 saturated heterocycles. The lowest BCUT2D eigenvalue weighted by molar-refractivity contribution is 0.113. The number of carbonyl (C=O) groups is 1. The summed E-state index contributed by atoms with van der Waals surface area (Å²) in [5.74, 6) is 0.832. The lowest BCUT2D eigenvalue weighted by Crippen LogP contribution is -2.36. The van der Waals surface area contributed by atoms with Crippen LogP contribution in [0.25, 0.3) is 0 Å². The van der Waals surface area contributed by atoms with E-state index in [-0.39, 0.29) is 6.09 Å². The normalized spacial score (nSPS) is 16.5. The number of benzene rings is 1. The molecule has 0 bridgehead atoms. The number of likely N-dealkylation sites (tertiary alicyclic amines) is 1. The topological polar surface area (TPSA) is 41.6 Å². The first kappa shape index (κ1) is 16.8. The number of nitrogens with one attached hydrogen (secondary N) is 1. The summed E-state index contributed by atoms with van der Waals surface area (Å²) in [6, 6.07) is 6.24. The molecule has 4 nitrogen and oxygen atoms in total. The molecule has 22 heavy (non-hydrogen) atoms. The second-order valence-corrected chi connectivity index (χ2v) is 6.44. The predicted molar refractivity (Wildman–Crippen MR) is 88.9 cm³/mol. The smallest absolute Gasteiger partial charge is 0.407 e. The molecule has 1 amide bonds. The van der Waals surface area contributed by atoms with Crippen molar-refractivity contribution >= 4 is 6.09 Å². The van der Waals surface area contributed by atoms with Crippen LogP contribution < -0.4 is 5.32 Å². The van der Waals surface area contributed by atoms with Crippen molar-refractivity contribution in [1.82, 2.24) is 10.2 Å². The summed E-state index contributed by atoms with van der Waals surface area (Å²) >= 11 is 0. The van der Waals surface area contributed by atoms with Gasteiger partial charge in [-0.25, -0.2) is 4.79 Å². The Morgan fingerprint density at radius 1 is 1.32 bits per heavy atom. The Hall–Kier alpha value is -1.55. The predicted octanol–water partition coefficient (Wildman–Crippen LogP) is 3.26. The molecule has 1 aliphatic heterocycles. The van der Waals surface area contributed by atoms with Crippen molar-refractivity contribution in [1.29, 1.82) is 0 Å². The lowest BCUT2D eigenvalue weighted by atomic mass is 9.99. The first-order valence-corrected chi connectivity index (χ1v) is 8.23. The van der Waals surface area contributed by atoms with Gasteiger partial charge in [0.25, 0.3) is 0 Å². The van der Waals surface area contributed by atoms with E-state index in [1.165, 1.54) is 24.0 Å². The highest BCUT2D eigenvalue weighted by Gasteiger charge is 2.15. The van der Waals surface area contributed by atoms with Gasteiger partial charge in [-0.05, 0) is 56.8 Å². The molecule has 0 saturated carbocycles. The van der Waals surface area contributed by atoms with Gasteiger partial charge in [-0.15, -0.1) is 0 Å². The highest BCUT2D eigenvalue weighted by molar-refractivity contribution is 5.67. The number of alkyl carbamates (subject to hydrolysis) is 1. The molecule has 2 rings (SSSR count). The number of amides is 1. The van der Waals surface area contributed by atoms with Crippen molar-refractivity contribution in [2.75, 3.05) is 26.2 Å². The molecule has 122 valence electrons. The number of piperidine rings is 1. The summed E-state index contributed by atoms with van der Waals surface area (Å²) in [4.78, 5) is 14.1. The van der Waals surface area contributed by atoms with E-state index in [9.17, 15) is 4.79 Å². The first-order valence-electron chi connectivity index (χ1n) is 8.23. The molecule has 0 aliphatic carbocycles. The Labute approximate surface area is 133 Å². The van der Waals surface area contributed by atoms with Crippen LogP contribution in [0.2, 0.25) is 0 Å². The minimum Gasteiger partial charge on any atom is -0.448 e. The van der Waals surface area contributed by atoms with Crippen LogP contribution in [0.5, 0.6) is 0 Å². The molecule has 1 fully saturated rings. The van der Waals surface area contributed by atoms with E-state index < -0.39 is 0 Å². The third-order valence-electron chi connectivity index (χ3n) is 4.44. The van der Waals surface area contributed by atoms with Crippen LogP contribution in [0.3, 0.4) is 0 Å². The molecule has 0 atom stereocenters. The Kier molecular flexibility index (Phi) is 6.25. The number of rotatable bonds is 5. The molecule has 1 aliphatic rings. The van der Waals surface area contributed by atoms with E-state index in [4.69, 9.17) is 4.74 Å². The number of aryl methyl sites for hydroxylation is 2. The van der Waals surface area contributed by atoms with E-state index >= 15 is 0 Å². The van der Waals surface area contributed by atoms with E-state index in [2.05, 4.69) is 49.2 Å². The van der Waals surface area contributed by atoms with Gasteiger partial charge in [0.15, 0.2) is 0 Å². The van der Waals surface area contributed by atoms with Crippen LogP contribution in [-0.2, 0) is 11.3 Å². The van der Waals surface area contributed by atoms with Crippen LogP contribution in [0, 0.1) is 19.8 Å². The molecule has 0 radical (unpaired) electrons. The standard InChI is InChI=1S/C18H28N2O2/c1-14-6-8-20(9-7-14)10-11-22-18(21)19-13-17-5-4-15(2)12-16(17)3/h4-5,12,14H,6-11,13H2,1-3H3,(H,19,21). The monoisotopic (exact) mass is 304 g/mol. The van der Waals surface area contributed by atoms with E-state index in [0.29, 0.717) is 13.2 Å². The second kappa shape index (κ2) is 8.18. The minimum atomic E-state index is -0.328. The van der Waals surface area contributed by atoms with Crippen molar-refractivity contribution in [3.63, 3.8) is 0 Å². The molecule has 0 spiro atoms. The van der Waals surface area contributed by atoms with Gasteiger partial charge < -0.3 is 10.1 Å². The number of ether oxygens (including phenoxy) is 1. The van der Waals surface area contributed by atoms with Crippen molar-refractivity contribution in [2.45, 2.75) is 40.2 Å². The maximum atomic E-state index is 11.7. The number of hydrogen-bond acceptors (Lipinski definition) is 3. The van der Waals surface area contributed by atoms with Crippen molar-refractivity contribution in [3.05, 3.63) is 34.9 Å². The van der Waals surface area contributed by atoms with Crippen LogP contribution in [0.4, 0.5) is 4.79 Å². The van der Waals surface area contributed by atoms with Crippen LogP contribution in [0.1, 0.15) is 36.5 Å². The largest absolute Gasteiger partial charge is 0.448 e. The van der Waals surface area contributed by atoms with Gasteiger partial charge in [0.2, 0.25) is 0 Å². The number of carbonyl (C=O) groups excluding carboxylic acids is 1. The van der Waals surface area contributed by atoms with Gasteiger partial charge in [0, 0.05) is 13.1 Å². The molecule has 0 aromatic heterocycles. The van der Waals surface area contributed by atoms with E-state index in [1.54, 1.807) is 0 Å². The molecule has 0 unspecified atom stereocenters. The molecule has 4 heteroatoms. The Morgan fingerprint density at radius 3 is 2.73 bits per heavy atom. The Bertz CT molecular complexity index is 494. The molecule has 1 aromatic rings. The molecule has 1 N–H and O–H groups in total. The fraction of sp³-hybridized carbons (Fsp3) is 0.611. The maximum Gasteiger partial charge on any atom is 0.407 e. The van der Waals surface area contributed by atoms with Crippen LogP contribution in [-0.4, -0.2) is 37.2 Å². The second-order valence-electron chi connectivity index (χ2n) is 6.44. The first-order chi connectivity index (χ1) is 10.5. The molecular formula is C18H28N2O2. The van der Waals surface area contributed by atoms with Gasteiger partial charge in [-0.2, -0.15) is 0 Å². The summed E-state index contributed by atoms with van der Waals surface area (Å²) in [6.07, 6.45) is 2.17. The van der Waals surface area contributed by atoms with Gasteiger partial charge >= 0.3 is 6.09 Å². The highest BCUT2D eigenvalue weighted by atomic mass is 16.5. The van der Waals surface area contributed by atoms with Gasteiger partial charge in [-0.3, -0.25) is 4.90 Å². The lowest BCUT2D eigenvalue weighted by Gasteiger charge is -2.29. The fourth-order valence-electron chi connectivity index (χ4n) is 2.82. The molecule has 1 heterocycles. The Morgan fingerprint density at radius 2 is 2.05 bits per heavy atom. The number of nitrogens with zero attached hydrogens (tertiary/aromatic N) is 1. The number of hydrogen-bond donors (Lipinski definition) is 1. The summed E-state index contributed by atoms with van der Waals surface area (Å²) in [7, 11) is 0. The summed E-state index contributed by atoms with van der Waals surface area (Å²) in [6.45, 7) is 10.5. The van der Waals surface area contributed by atoms with Crippen molar-refractivity contribution in [2.24, 2.45) is 5.92 Å². The average molecular weight is 304 g/mol. The molecule has 1 aromatic carbocycles. The third-order valence-corrected chi connectivity index (χ3v) is 4.44.